The van der Waals surface area contributed by atoms with Crippen molar-refractivity contribution in [2.45, 2.75) is 174 Å². The summed E-state index contributed by atoms with van der Waals surface area (Å²) in [5.41, 5.74) is 0. The molecule has 10 nitrogen and oxygen atoms in total. The maximum atomic E-state index is 12.7. The molecule has 11 heteroatoms. The first-order valence-electron chi connectivity index (χ1n) is 21.5. The Morgan fingerprint density at radius 3 is 1.80 bits per heavy atom. The van der Waals surface area contributed by atoms with E-state index >= 15 is 0 Å². The van der Waals surface area contributed by atoms with Gasteiger partial charge in [-0.05, 0) is 64.2 Å². The van der Waals surface area contributed by atoms with Crippen LogP contribution < -0.4 is 4.89 Å². The van der Waals surface area contributed by atoms with Crippen LogP contribution in [0.2, 0.25) is 0 Å². The van der Waals surface area contributed by atoms with Crippen LogP contribution in [0.4, 0.5) is 0 Å². The molecule has 0 aliphatic heterocycles. The van der Waals surface area contributed by atoms with E-state index in [0.717, 1.165) is 64.2 Å². The second-order valence-electron chi connectivity index (χ2n) is 15.5. The standard InChI is InChI=1S/C44H80NO9P/c1-6-8-10-11-12-13-14-15-16-17-18-21-24-27-31-35-43(47)51-39-42(40-53-55(49,50)52-38-37-45(3,4)5)54-44(48)36-32-28-25-22-19-20-23-26-30-34-41(46)33-29-9-7-2/h9,13-14,23,26,29-30,34,41-42,46H,6-8,10-12,15-22,24-25,27-28,31-33,35-40H2,1-5H3/b14-13-,26-23+,29-9+,34-30+/t41?,42-/m1/s1. The molecule has 0 aliphatic carbocycles. The van der Waals surface area contributed by atoms with E-state index in [4.69, 9.17) is 18.5 Å². The number of phosphoric ester groups is 1. The lowest BCUT2D eigenvalue weighted by Crippen LogP contribution is -2.37. The monoisotopic (exact) mass is 798 g/mol. The lowest BCUT2D eigenvalue weighted by atomic mass is 10.1. The van der Waals surface area contributed by atoms with Crippen molar-refractivity contribution >= 4 is 19.8 Å². The van der Waals surface area contributed by atoms with E-state index in [-0.39, 0.29) is 26.1 Å². The summed E-state index contributed by atoms with van der Waals surface area (Å²) in [4.78, 5) is 37.5. The number of phosphoric acid groups is 1. The number of rotatable bonds is 38. The zero-order valence-corrected chi connectivity index (χ0v) is 36.4. The summed E-state index contributed by atoms with van der Waals surface area (Å²) in [5.74, 6) is -0.896. The molecule has 0 heterocycles. The molecule has 1 N–H and O–H groups in total. The number of aliphatic hydroxyl groups excluding tert-OH is 1. The fourth-order valence-electron chi connectivity index (χ4n) is 5.51. The number of carbonyl (C=O) groups is 2. The zero-order chi connectivity index (χ0) is 40.9. The predicted octanol–water partition coefficient (Wildman–Crippen LogP) is 10.2. The van der Waals surface area contributed by atoms with E-state index in [1.165, 1.54) is 51.4 Å². The van der Waals surface area contributed by atoms with Crippen LogP contribution in [0.5, 0.6) is 0 Å². The lowest BCUT2D eigenvalue weighted by molar-refractivity contribution is -0.870. The first-order chi connectivity index (χ1) is 26.4. The molecule has 0 spiro atoms. The fraction of sp³-hybridized carbons (Fsp3) is 0.773. The van der Waals surface area contributed by atoms with Crippen LogP contribution in [0.3, 0.4) is 0 Å². The second-order valence-corrected chi connectivity index (χ2v) is 16.9. The zero-order valence-electron chi connectivity index (χ0n) is 35.5. The minimum absolute atomic E-state index is 0.0466. The second kappa shape index (κ2) is 36.3. The van der Waals surface area contributed by atoms with Crippen molar-refractivity contribution in [1.82, 2.24) is 0 Å². The highest BCUT2D eigenvalue weighted by Gasteiger charge is 2.21. The van der Waals surface area contributed by atoms with Gasteiger partial charge >= 0.3 is 11.9 Å². The Morgan fingerprint density at radius 2 is 1.22 bits per heavy atom. The number of allylic oxidation sites excluding steroid dienone is 6. The maximum absolute atomic E-state index is 12.7. The lowest BCUT2D eigenvalue weighted by Gasteiger charge is -2.28. The van der Waals surface area contributed by atoms with Gasteiger partial charge in [-0.15, -0.1) is 0 Å². The third kappa shape index (κ3) is 39.9. The molecule has 0 saturated carbocycles. The van der Waals surface area contributed by atoms with Crippen molar-refractivity contribution in [2.24, 2.45) is 0 Å². The molecule has 2 unspecified atom stereocenters. The van der Waals surface area contributed by atoms with Gasteiger partial charge in [0.15, 0.2) is 6.10 Å². The number of nitrogens with zero attached hydrogens (tertiary/aromatic N) is 1. The first kappa shape index (κ1) is 52.9. The Balaban J connectivity index is 4.45. The van der Waals surface area contributed by atoms with Crippen LogP contribution in [0.1, 0.15) is 162 Å². The van der Waals surface area contributed by atoms with E-state index in [1.807, 2.05) is 45.4 Å². The van der Waals surface area contributed by atoms with Crippen molar-refractivity contribution in [2.75, 3.05) is 47.5 Å². The molecule has 0 aliphatic rings. The predicted molar refractivity (Wildman–Crippen MR) is 223 cm³/mol. The van der Waals surface area contributed by atoms with Gasteiger partial charge in [-0.2, -0.15) is 0 Å². The molecule has 0 aromatic carbocycles. The highest BCUT2D eigenvalue weighted by atomic mass is 31.2. The van der Waals surface area contributed by atoms with Gasteiger partial charge < -0.3 is 33.0 Å². The molecule has 0 fully saturated rings. The summed E-state index contributed by atoms with van der Waals surface area (Å²) >= 11 is 0. The molecule has 320 valence electrons. The molecular weight excluding hydrogens is 717 g/mol. The highest BCUT2D eigenvalue weighted by molar-refractivity contribution is 7.45. The van der Waals surface area contributed by atoms with Crippen LogP contribution in [0.15, 0.2) is 48.6 Å². The SMILES string of the molecule is CC/C=C/CC(O)/C=C/C=C/CCCCCCCC(=O)O[C@H](COC(=O)CCCCCCCCC/C=C\CCCCCC)COP(=O)([O-])OCC[N+](C)(C)C. The molecule has 0 bridgehead atoms. The number of likely N-dealkylation sites (N-methyl/N-ethyl adjacent to an activating group) is 1. The Kier molecular flexibility index (Phi) is 34.9. The van der Waals surface area contributed by atoms with Crippen LogP contribution in [-0.2, 0) is 32.7 Å². The van der Waals surface area contributed by atoms with Gasteiger partial charge in [-0.3, -0.25) is 14.2 Å². The first-order valence-corrected chi connectivity index (χ1v) is 22.9. The van der Waals surface area contributed by atoms with Crippen LogP contribution in [0, 0.1) is 0 Å². The molecule has 0 saturated heterocycles. The summed E-state index contributed by atoms with van der Waals surface area (Å²) in [6.07, 6.45) is 37.5. The van der Waals surface area contributed by atoms with Crippen LogP contribution >= 0.6 is 7.82 Å². The van der Waals surface area contributed by atoms with Crippen molar-refractivity contribution in [1.29, 1.82) is 0 Å². The average Bonchev–Trinajstić information content (AvgIpc) is 3.12. The minimum Gasteiger partial charge on any atom is -0.756 e. The van der Waals surface area contributed by atoms with E-state index in [0.29, 0.717) is 30.3 Å². The van der Waals surface area contributed by atoms with Crippen molar-refractivity contribution in [3.8, 4) is 0 Å². The molecule has 0 aromatic rings. The van der Waals surface area contributed by atoms with Gasteiger partial charge in [0.05, 0.1) is 33.9 Å². The van der Waals surface area contributed by atoms with Gasteiger partial charge in [0, 0.05) is 12.8 Å². The highest BCUT2D eigenvalue weighted by Crippen LogP contribution is 2.38. The van der Waals surface area contributed by atoms with Crippen molar-refractivity contribution in [3.05, 3.63) is 48.6 Å². The fourth-order valence-corrected chi connectivity index (χ4v) is 6.24. The number of esters is 2. The van der Waals surface area contributed by atoms with Gasteiger partial charge in [0.2, 0.25) is 0 Å². The Labute approximate surface area is 336 Å². The number of hydrogen-bond donors (Lipinski definition) is 1. The van der Waals surface area contributed by atoms with Gasteiger partial charge in [-0.25, -0.2) is 0 Å². The van der Waals surface area contributed by atoms with Crippen molar-refractivity contribution in [3.63, 3.8) is 0 Å². The summed E-state index contributed by atoms with van der Waals surface area (Å²) in [5, 5.41) is 9.88. The maximum Gasteiger partial charge on any atom is 0.306 e. The van der Waals surface area contributed by atoms with E-state index < -0.39 is 38.6 Å². The van der Waals surface area contributed by atoms with Gasteiger partial charge in [-0.1, -0.05) is 133 Å². The van der Waals surface area contributed by atoms with E-state index in [2.05, 4.69) is 32.1 Å². The van der Waals surface area contributed by atoms with Crippen LogP contribution in [-0.4, -0.2) is 81.2 Å². The van der Waals surface area contributed by atoms with Crippen LogP contribution in [0.25, 0.3) is 0 Å². The third-order valence-corrected chi connectivity index (χ3v) is 9.88. The molecule has 0 rings (SSSR count). The largest absolute Gasteiger partial charge is 0.756 e. The Morgan fingerprint density at radius 1 is 0.673 bits per heavy atom. The molecule has 0 amide bonds. The number of carbonyl (C=O) groups excluding carboxylic acids is 2. The smallest absolute Gasteiger partial charge is 0.306 e. The quantitative estimate of drug-likeness (QED) is 0.0162. The van der Waals surface area contributed by atoms with E-state index in [1.54, 1.807) is 6.08 Å². The van der Waals surface area contributed by atoms with Gasteiger partial charge in [0.1, 0.15) is 19.8 Å². The van der Waals surface area contributed by atoms with Crippen molar-refractivity contribution < 1.29 is 47.2 Å². The average molecular weight is 798 g/mol. The summed E-state index contributed by atoms with van der Waals surface area (Å²) in [6.45, 7) is 3.94. The molecular formula is C44H80NO9P. The number of ether oxygens (including phenoxy) is 2. The number of hydrogen-bond acceptors (Lipinski definition) is 9. The number of unbranched alkanes of at least 4 members (excludes halogenated alkanes) is 16. The number of aliphatic hydroxyl groups is 1. The topological polar surface area (TPSA) is 131 Å². The molecule has 3 atom stereocenters. The molecule has 0 radical (unpaired) electrons. The summed E-state index contributed by atoms with van der Waals surface area (Å²) < 4.78 is 33.8. The normalized spacial score (nSPS) is 14.7. The summed E-state index contributed by atoms with van der Waals surface area (Å²) in [7, 11) is 1.11. The third-order valence-electron chi connectivity index (χ3n) is 8.91. The minimum atomic E-state index is -4.64. The Bertz CT molecular complexity index is 1100. The van der Waals surface area contributed by atoms with E-state index in [9.17, 15) is 24.2 Å². The molecule has 0 aromatic heterocycles. The number of quaternary nitrogens is 1. The summed E-state index contributed by atoms with van der Waals surface area (Å²) in [6, 6.07) is 0. The Hall–Kier alpha value is -2.07. The molecule has 55 heavy (non-hydrogen) atoms. The van der Waals surface area contributed by atoms with Gasteiger partial charge in [0.25, 0.3) is 7.82 Å².